The third-order valence-electron chi connectivity index (χ3n) is 1.97. The molecule has 0 unspecified atom stereocenters. The molecule has 10 heteroatoms. The summed E-state index contributed by atoms with van der Waals surface area (Å²) in [5.41, 5.74) is 2.80. The van der Waals surface area contributed by atoms with Crippen LogP contribution < -0.4 is 15.2 Å². The molecule has 1 aromatic rings. The number of nitrogens with two attached hydrogens (primary N) is 1. The Morgan fingerprint density at radius 1 is 1.21 bits per heavy atom. The predicted molar refractivity (Wildman–Crippen MR) is 50.4 cm³/mol. The van der Waals surface area contributed by atoms with E-state index in [2.05, 4.69) is 14.5 Å². The van der Waals surface area contributed by atoms with Crippen LogP contribution in [0.15, 0.2) is 6.07 Å². The van der Waals surface area contributed by atoms with Crippen molar-refractivity contribution >= 4 is 0 Å². The fourth-order valence-electron chi connectivity index (χ4n) is 1.30. The lowest BCUT2D eigenvalue weighted by Gasteiger charge is -2.18. The first-order chi connectivity index (χ1) is 8.58. The lowest BCUT2D eigenvalue weighted by molar-refractivity contribution is -0.278. The van der Waals surface area contributed by atoms with Gasteiger partial charge in [-0.2, -0.15) is 18.2 Å². The summed E-state index contributed by atoms with van der Waals surface area (Å²) in [4.78, 5) is 3.01. The first-order valence-electron chi connectivity index (χ1n) is 4.69. The minimum absolute atomic E-state index is 0.465. The summed E-state index contributed by atoms with van der Waals surface area (Å²) in [6, 6.07) is 0.798. The van der Waals surface area contributed by atoms with Gasteiger partial charge >= 0.3 is 12.5 Å². The molecule has 0 amide bonds. The first kappa shape index (κ1) is 15.3. The molecule has 1 heterocycles. The van der Waals surface area contributed by atoms with E-state index in [4.69, 9.17) is 5.73 Å². The van der Waals surface area contributed by atoms with E-state index in [-0.39, 0.29) is 0 Å². The maximum atomic E-state index is 12.7. The van der Waals surface area contributed by atoms with Gasteiger partial charge in [-0.1, -0.05) is 0 Å². The Kier molecular flexibility index (Phi) is 4.13. The summed E-state index contributed by atoms with van der Waals surface area (Å²) < 4.78 is 82.2. The van der Waals surface area contributed by atoms with Crippen LogP contribution in [0.25, 0.3) is 0 Å². The van der Waals surface area contributed by atoms with Crippen LogP contribution in [-0.2, 0) is 12.7 Å². The monoisotopic (exact) mass is 290 g/mol. The Morgan fingerprint density at radius 2 is 1.79 bits per heavy atom. The van der Waals surface area contributed by atoms with E-state index in [1.165, 1.54) is 0 Å². The van der Waals surface area contributed by atoms with Crippen LogP contribution in [0.3, 0.4) is 0 Å². The number of methoxy groups -OCH3 is 1. The first-order valence-corrected chi connectivity index (χ1v) is 4.69. The largest absolute Gasteiger partial charge is 0.574 e. The molecule has 0 bridgehead atoms. The molecule has 4 nitrogen and oxygen atoms in total. The smallest absolute Gasteiger partial charge is 0.481 e. The van der Waals surface area contributed by atoms with Gasteiger partial charge in [0, 0.05) is 12.6 Å². The van der Waals surface area contributed by atoms with Crippen molar-refractivity contribution in [3.63, 3.8) is 0 Å². The topological polar surface area (TPSA) is 57.4 Å². The molecule has 0 aliphatic heterocycles. The van der Waals surface area contributed by atoms with Crippen LogP contribution in [-0.4, -0.2) is 18.5 Å². The molecule has 0 aromatic carbocycles. The highest BCUT2D eigenvalue weighted by atomic mass is 19.4. The SMILES string of the molecule is COc1cc(CN)c(C(F)(F)F)c(OC(F)(F)F)n1. The van der Waals surface area contributed by atoms with Crippen LogP contribution in [0.4, 0.5) is 26.3 Å². The van der Waals surface area contributed by atoms with Crippen molar-refractivity contribution in [1.82, 2.24) is 4.98 Å². The van der Waals surface area contributed by atoms with Gasteiger partial charge in [0.2, 0.25) is 11.8 Å². The van der Waals surface area contributed by atoms with Crippen LogP contribution in [0.2, 0.25) is 0 Å². The Morgan fingerprint density at radius 3 is 2.16 bits per heavy atom. The zero-order valence-corrected chi connectivity index (χ0v) is 9.39. The number of pyridine rings is 1. The number of hydrogen-bond acceptors (Lipinski definition) is 4. The molecule has 108 valence electrons. The highest BCUT2D eigenvalue weighted by molar-refractivity contribution is 5.41. The normalized spacial score (nSPS) is 12.4. The molecule has 0 saturated carbocycles. The van der Waals surface area contributed by atoms with Gasteiger partial charge in [-0.25, -0.2) is 0 Å². The van der Waals surface area contributed by atoms with Gasteiger partial charge in [0.25, 0.3) is 0 Å². The van der Waals surface area contributed by atoms with Crippen molar-refractivity contribution < 1.29 is 35.8 Å². The van der Waals surface area contributed by atoms with Crippen LogP contribution >= 0.6 is 0 Å². The van der Waals surface area contributed by atoms with Crippen molar-refractivity contribution in [2.75, 3.05) is 7.11 Å². The van der Waals surface area contributed by atoms with Gasteiger partial charge in [0.1, 0.15) is 5.56 Å². The number of ether oxygens (including phenoxy) is 2. The maximum absolute atomic E-state index is 12.7. The van der Waals surface area contributed by atoms with Crippen LogP contribution in [0, 0.1) is 0 Å². The van der Waals surface area contributed by atoms with Gasteiger partial charge in [0.15, 0.2) is 0 Å². The molecule has 0 spiro atoms. The Bertz CT molecular complexity index is 457. The van der Waals surface area contributed by atoms with E-state index in [0.29, 0.717) is 0 Å². The Balaban J connectivity index is 3.47. The zero-order valence-electron chi connectivity index (χ0n) is 9.39. The quantitative estimate of drug-likeness (QED) is 0.869. The second-order valence-corrected chi connectivity index (χ2v) is 3.25. The van der Waals surface area contributed by atoms with E-state index in [1.54, 1.807) is 0 Å². The number of nitrogens with zero attached hydrogens (tertiary/aromatic N) is 1. The van der Waals surface area contributed by atoms with E-state index in [0.717, 1.165) is 13.2 Å². The van der Waals surface area contributed by atoms with Gasteiger partial charge < -0.3 is 15.2 Å². The van der Waals surface area contributed by atoms with E-state index >= 15 is 0 Å². The minimum atomic E-state index is -5.31. The summed E-state index contributed by atoms with van der Waals surface area (Å²) in [6.45, 7) is -0.651. The van der Waals surface area contributed by atoms with Crippen molar-refractivity contribution in [2.45, 2.75) is 19.1 Å². The van der Waals surface area contributed by atoms with E-state index in [9.17, 15) is 26.3 Å². The highest BCUT2D eigenvalue weighted by Gasteiger charge is 2.42. The second-order valence-electron chi connectivity index (χ2n) is 3.25. The standard InChI is InChI=1S/C9H8F6N2O2/c1-18-5-2-4(3-16)6(8(10,11)12)7(17-5)19-9(13,14)15/h2H,3,16H2,1H3. The summed E-state index contributed by atoms with van der Waals surface area (Å²) in [5.74, 6) is -2.10. The van der Waals surface area contributed by atoms with Gasteiger partial charge in [-0.15, -0.1) is 13.2 Å². The molecule has 0 atom stereocenters. The second kappa shape index (κ2) is 5.11. The minimum Gasteiger partial charge on any atom is -0.481 e. The van der Waals surface area contributed by atoms with Crippen LogP contribution in [0.5, 0.6) is 11.8 Å². The number of aromatic nitrogens is 1. The number of hydrogen-bond donors (Lipinski definition) is 1. The van der Waals surface area contributed by atoms with E-state index in [1.807, 2.05) is 0 Å². The Hall–Kier alpha value is -1.71. The molecule has 0 aliphatic rings. The van der Waals surface area contributed by atoms with Crippen LogP contribution in [0.1, 0.15) is 11.1 Å². The van der Waals surface area contributed by atoms with Crippen molar-refractivity contribution in [3.05, 3.63) is 17.2 Å². The number of halogens is 6. The summed E-state index contributed by atoms with van der Waals surface area (Å²) in [6.07, 6.45) is -10.4. The molecule has 1 rings (SSSR count). The molecule has 19 heavy (non-hydrogen) atoms. The molecular weight excluding hydrogens is 282 g/mol. The van der Waals surface area contributed by atoms with Crippen molar-refractivity contribution in [2.24, 2.45) is 5.73 Å². The average Bonchev–Trinajstić information content (AvgIpc) is 2.23. The van der Waals surface area contributed by atoms with Gasteiger partial charge in [0.05, 0.1) is 7.11 Å². The molecule has 2 N–H and O–H groups in total. The Labute approximate surface area is 103 Å². The fourth-order valence-corrected chi connectivity index (χ4v) is 1.30. The zero-order chi connectivity index (χ0) is 14.8. The van der Waals surface area contributed by atoms with Gasteiger partial charge in [-0.05, 0) is 5.56 Å². The van der Waals surface area contributed by atoms with E-state index < -0.39 is 42.0 Å². The molecule has 0 aliphatic carbocycles. The summed E-state index contributed by atoms with van der Waals surface area (Å²) in [5, 5.41) is 0. The fraction of sp³-hybridized carbons (Fsp3) is 0.444. The molecular formula is C9H8F6N2O2. The molecule has 1 aromatic heterocycles. The lowest BCUT2D eigenvalue weighted by Crippen LogP contribution is -2.23. The third kappa shape index (κ3) is 3.88. The van der Waals surface area contributed by atoms with Crippen molar-refractivity contribution in [1.29, 1.82) is 0 Å². The predicted octanol–water partition coefficient (Wildman–Crippen LogP) is 2.47. The van der Waals surface area contributed by atoms with Gasteiger partial charge in [-0.3, -0.25) is 0 Å². The summed E-state index contributed by atoms with van der Waals surface area (Å²) >= 11 is 0. The average molecular weight is 290 g/mol. The summed E-state index contributed by atoms with van der Waals surface area (Å²) in [7, 11) is 1.03. The number of alkyl halides is 6. The number of rotatable bonds is 3. The molecule has 0 saturated heterocycles. The highest BCUT2D eigenvalue weighted by Crippen LogP contribution is 2.40. The maximum Gasteiger partial charge on any atom is 0.574 e. The molecule has 0 fully saturated rings. The van der Waals surface area contributed by atoms with Crippen molar-refractivity contribution in [3.8, 4) is 11.8 Å². The third-order valence-corrected chi connectivity index (χ3v) is 1.97. The molecule has 0 radical (unpaired) electrons. The lowest BCUT2D eigenvalue weighted by atomic mass is 10.1.